The monoisotopic (exact) mass is 616 g/mol. The molecule has 0 aliphatic carbocycles. The van der Waals surface area contributed by atoms with E-state index in [1.807, 2.05) is 36.4 Å². The maximum atomic E-state index is 12.7. The number of carbonyl (C=O) groups excluding carboxylic acids is 2. The normalized spacial score (nSPS) is 15.0. The van der Waals surface area contributed by atoms with Crippen LogP contribution in [0.25, 0.3) is 22.3 Å². The highest BCUT2D eigenvalue weighted by Gasteiger charge is 2.25. The smallest absolute Gasteiger partial charge is 0.331 e. The van der Waals surface area contributed by atoms with Gasteiger partial charge in [0.1, 0.15) is 12.2 Å². The van der Waals surface area contributed by atoms with Gasteiger partial charge in [-0.25, -0.2) is 9.59 Å². The Labute approximate surface area is 270 Å². The summed E-state index contributed by atoms with van der Waals surface area (Å²) in [5, 5.41) is 0. The Morgan fingerprint density at radius 3 is 1.41 bits per heavy atom. The van der Waals surface area contributed by atoms with Gasteiger partial charge in [-0.15, -0.1) is 0 Å². The fourth-order valence-corrected chi connectivity index (χ4v) is 6.25. The standard InChI is InChI=1S/C38H40N4O4/c39-23-33(25-41-19-17-29-11-13-31(21-35(29)41)27-7-3-1-4-8-27)45-37(43)15-16-38(44)46-34(24-40)26-42-20-18-30-12-14-32(22-36(30)42)28-9-5-2-6-10-28/h1-16,21-22,33-34H,17-20,23-26,39-40H2/b16-15+. The molecule has 2 unspecified atom stereocenters. The Hall–Kier alpha value is -4.92. The third-order valence-corrected chi connectivity index (χ3v) is 8.66. The molecule has 2 aliphatic heterocycles. The molecule has 6 rings (SSSR count). The second-order valence-electron chi connectivity index (χ2n) is 11.7. The highest BCUT2D eigenvalue weighted by molar-refractivity contribution is 5.92. The van der Waals surface area contributed by atoms with E-state index in [-0.39, 0.29) is 13.1 Å². The lowest BCUT2D eigenvalue weighted by Crippen LogP contribution is -2.39. The molecular formula is C38H40N4O4. The average Bonchev–Trinajstić information content (AvgIpc) is 3.70. The molecule has 2 heterocycles. The molecule has 4 aromatic carbocycles. The van der Waals surface area contributed by atoms with Crippen LogP contribution in [0.15, 0.2) is 109 Å². The number of anilines is 2. The molecule has 0 saturated carbocycles. The minimum absolute atomic E-state index is 0.160. The van der Waals surface area contributed by atoms with Gasteiger partial charge in [-0.05, 0) is 58.4 Å². The zero-order valence-corrected chi connectivity index (χ0v) is 25.9. The molecule has 4 aromatic rings. The Morgan fingerprint density at radius 2 is 1.02 bits per heavy atom. The van der Waals surface area contributed by atoms with Crippen molar-refractivity contribution in [2.75, 3.05) is 49.1 Å². The van der Waals surface area contributed by atoms with Gasteiger partial charge in [0.2, 0.25) is 0 Å². The number of hydrogen-bond acceptors (Lipinski definition) is 8. The van der Waals surface area contributed by atoms with Crippen molar-refractivity contribution in [2.24, 2.45) is 11.5 Å². The fourth-order valence-electron chi connectivity index (χ4n) is 6.25. The van der Waals surface area contributed by atoms with Crippen LogP contribution in [0.2, 0.25) is 0 Å². The maximum Gasteiger partial charge on any atom is 0.331 e. The molecule has 0 spiro atoms. The van der Waals surface area contributed by atoms with Gasteiger partial charge in [-0.3, -0.25) is 0 Å². The molecule has 2 atom stereocenters. The predicted molar refractivity (Wildman–Crippen MR) is 183 cm³/mol. The minimum Gasteiger partial charge on any atom is -0.456 e. The molecule has 0 bridgehead atoms. The van der Waals surface area contributed by atoms with Crippen molar-refractivity contribution >= 4 is 23.3 Å². The van der Waals surface area contributed by atoms with Crippen molar-refractivity contribution in [3.8, 4) is 22.3 Å². The van der Waals surface area contributed by atoms with Gasteiger partial charge in [0.15, 0.2) is 0 Å². The number of ether oxygens (including phenoxy) is 2. The Kier molecular flexibility index (Phi) is 9.76. The van der Waals surface area contributed by atoms with Crippen LogP contribution in [-0.2, 0) is 31.9 Å². The summed E-state index contributed by atoms with van der Waals surface area (Å²) in [7, 11) is 0. The quantitative estimate of drug-likeness (QED) is 0.174. The van der Waals surface area contributed by atoms with Crippen LogP contribution >= 0.6 is 0 Å². The van der Waals surface area contributed by atoms with E-state index in [0.717, 1.165) is 71.7 Å². The van der Waals surface area contributed by atoms with E-state index in [1.165, 1.54) is 11.1 Å². The molecule has 8 nitrogen and oxygen atoms in total. The van der Waals surface area contributed by atoms with Crippen LogP contribution in [0.4, 0.5) is 11.4 Å². The summed E-state index contributed by atoms with van der Waals surface area (Å²) in [5.41, 5.74) is 21.3. The summed E-state index contributed by atoms with van der Waals surface area (Å²) in [6.07, 6.45) is 2.96. The van der Waals surface area contributed by atoms with Crippen LogP contribution in [0.1, 0.15) is 11.1 Å². The fraction of sp³-hybridized carbons (Fsp3) is 0.263. The van der Waals surface area contributed by atoms with E-state index < -0.39 is 24.1 Å². The molecule has 0 radical (unpaired) electrons. The number of nitrogens with zero attached hydrogens (tertiary/aromatic N) is 2. The van der Waals surface area contributed by atoms with Gasteiger partial charge in [-0.1, -0.05) is 84.9 Å². The third-order valence-electron chi connectivity index (χ3n) is 8.66. The van der Waals surface area contributed by atoms with E-state index in [0.29, 0.717) is 13.1 Å². The van der Waals surface area contributed by atoms with E-state index >= 15 is 0 Å². The van der Waals surface area contributed by atoms with Gasteiger partial charge in [0.25, 0.3) is 0 Å². The van der Waals surface area contributed by atoms with E-state index in [2.05, 4.69) is 70.5 Å². The summed E-state index contributed by atoms with van der Waals surface area (Å²) >= 11 is 0. The van der Waals surface area contributed by atoms with Crippen LogP contribution in [-0.4, -0.2) is 63.4 Å². The summed E-state index contributed by atoms with van der Waals surface area (Å²) < 4.78 is 11.3. The van der Waals surface area contributed by atoms with Crippen LogP contribution < -0.4 is 21.3 Å². The van der Waals surface area contributed by atoms with Crippen molar-refractivity contribution in [3.63, 3.8) is 0 Å². The summed E-state index contributed by atoms with van der Waals surface area (Å²) in [5.74, 6) is -1.29. The molecule has 46 heavy (non-hydrogen) atoms. The molecule has 236 valence electrons. The Bertz CT molecular complexity index is 1570. The summed E-state index contributed by atoms with van der Waals surface area (Å²) in [6, 6.07) is 33.4. The maximum absolute atomic E-state index is 12.7. The van der Waals surface area contributed by atoms with E-state index in [4.69, 9.17) is 20.9 Å². The van der Waals surface area contributed by atoms with Gasteiger partial charge in [0, 0.05) is 49.7 Å². The lowest BCUT2D eigenvalue weighted by atomic mass is 10.0. The highest BCUT2D eigenvalue weighted by Crippen LogP contribution is 2.34. The van der Waals surface area contributed by atoms with Gasteiger partial charge >= 0.3 is 11.9 Å². The van der Waals surface area contributed by atoms with Gasteiger partial charge in [-0.2, -0.15) is 0 Å². The first kappa shape index (κ1) is 31.1. The van der Waals surface area contributed by atoms with Crippen LogP contribution in [0, 0.1) is 0 Å². The number of carbonyl (C=O) groups is 2. The Balaban J connectivity index is 1.02. The van der Waals surface area contributed by atoms with E-state index in [1.54, 1.807) is 0 Å². The van der Waals surface area contributed by atoms with Crippen LogP contribution in [0.3, 0.4) is 0 Å². The van der Waals surface area contributed by atoms with Crippen LogP contribution in [0.5, 0.6) is 0 Å². The van der Waals surface area contributed by atoms with Gasteiger partial charge < -0.3 is 30.7 Å². The number of fused-ring (bicyclic) bond motifs is 2. The number of rotatable bonds is 12. The molecule has 0 fully saturated rings. The second kappa shape index (κ2) is 14.5. The highest BCUT2D eigenvalue weighted by atomic mass is 16.5. The third kappa shape index (κ3) is 7.30. The van der Waals surface area contributed by atoms with Crippen molar-refractivity contribution in [1.29, 1.82) is 0 Å². The number of benzene rings is 4. The van der Waals surface area contributed by atoms with Crippen molar-refractivity contribution in [1.82, 2.24) is 0 Å². The lowest BCUT2D eigenvalue weighted by Gasteiger charge is -2.25. The molecule has 4 N–H and O–H groups in total. The first-order valence-corrected chi connectivity index (χ1v) is 15.9. The summed E-state index contributed by atoms with van der Waals surface area (Å²) in [6.45, 7) is 2.88. The molecule has 0 saturated heterocycles. The molecule has 0 amide bonds. The summed E-state index contributed by atoms with van der Waals surface area (Å²) in [4.78, 5) is 29.8. The number of hydrogen-bond donors (Lipinski definition) is 2. The largest absolute Gasteiger partial charge is 0.456 e. The van der Waals surface area contributed by atoms with Gasteiger partial charge in [0.05, 0.1) is 13.1 Å². The van der Waals surface area contributed by atoms with Crippen molar-refractivity contribution in [2.45, 2.75) is 25.0 Å². The van der Waals surface area contributed by atoms with E-state index in [9.17, 15) is 9.59 Å². The molecule has 2 aliphatic rings. The zero-order chi connectivity index (χ0) is 31.9. The number of esters is 2. The molecule has 8 heteroatoms. The van der Waals surface area contributed by atoms with Crippen molar-refractivity contribution in [3.05, 3.63) is 120 Å². The number of nitrogens with two attached hydrogens (primary N) is 2. The topological polar surface area (TPSA) is 111 Å². The molecule has 0 aromatic heterocycles. The predicted octanol–water partition coefficient (Wildman–Crippen LogP) is 4.74. The first-order chi connectivity index (χ1) is 22.5. The SMILES string of the molecule is NCC(CN1CCc2ccc(-c3ccccc3)cc21)OC(=O)/C=C/C(=O)OC(CN)CN1CCc2ccc(-c3ccccc3)cc21. The zero-order valence-electron chi connectivity index (χ0n) is 25.9. The Morgan fingerprint density at radius 1 is 0.609 bits per heavy atom. The lowest BCUT2D eigenvalue weighted by molar-refractivity contribution is -0.145. The van der Waals surface area contributed by atoms with Crippen molar-refractivity contribution < 1.29 is 19.1 Å². The minimum atomic E-state index is -0.643. The second-order valence-corrected chi connectivity index (χ2v) is 11.7. The molecular weight excluding hydrogens is 576 g/mol. The first-order valence-electron chi connectivity index (χ1n) is 15.9. The average molecular weight is 617 g/mol.